The smallest absolute Gasteiger partial charge is 0.354 e. The van der Waals surface area contributed by atoms with Gasteiger partial charge in [0.25, 0.3) is 5.13 Å². The molecular formula is C12H7Cl2N3OS2. The molecule has 0 fully saturated rings. The van der Waals surface area contributed by atoms with E-state index in [9.17, 15) is 5.11 Å². The summed E-state index contributed by atoms with van der Waals surface area (Å²) in [7, 11) is 0. The van der Waals surface area contributed by atoms with Gasteiger partial charge in [-0.3, -0.25) is 0 Å². The minimum Gasteiger partial charge on any atom is -0.858 e. The first-order valence-electron chi connectivity index (χ1n) is 5.53. The van der Waals surface area contributed by atoms with E-state index >= 15 is 0 Å². The summed E-state index contributed by atoms with van der Waals surface area (Å²) in [6.45, 7) is 2.00. The summed E-state index contributed by atoms with van der Waals surface area (Å²) in [6.07, 6.45) is 1.90. The van der Waals surface area contributed by atoms with Gasteiger partial charge in [-0.1, -0.05) is 40.6 Å². The molecule has 2 heterocycles. The summed E-state index contributed by atoms with van der Waals surface area (Å²) in [5.74, 6) is -0.426. The van der Waals surface area contributed by atoms with Crippen LogP contribution < -0.4 is 9.62 Å². The highest BCUT2D eigenvalue weighted by Gasteiger charge is 2.15. The van der Waals surface area contributed by atoms with Gasteiger partial charge in [-0.05, 0) is 40.8 Å². The molecule has 102 valence electrons. The lowest BCUT2D eigenvalue weighted by molar-refractivity contribution is -0.571. The van der Waals surface area contributed by atoms with E-state index in [-0.39, 0.29) is 5.02 Å². The molecule has 3 aromatic rings. The van der Waals surface area contributed by atoms with Crippen LogP contribution in [-0.4, -0.2) is 11.0 Å². The third kappa shape index (κ3) is 2.64. The van der Waals surface area contributed by atoms with E-state index < -0.39 is 5.90 Å². The molecule has 0 N–H and O–H groups in total. The minimum absolute atomic E-state index is 0.285. The summed E-state index contributed by atoms with van der Waals surface area (Å²) in [6, 6.07) is 4.68. The lowest BCUT2D eigenvalue weighted by Gasteiger charge is -2.11. The molecule has 20 heavy (non-hydrogen) atoms. The molecule has 1 aromatic carbocycles. The number of aryl methyl sites for hydroxylation is 1. The van der Waals surface area contributed by atoms with Gasteiger partial charge >= 0.3 is 4.14 Å². The van der Waals surface area contributed by atoms with Crippen molar-refractivity contribution < 1.29 is 9.62 Å². The highest BCUT2D eigenvalue weighted by atomic mass is 35.5. The lowest BCUT2D eigenvalue weighted by atomic mass is 10.2. The second-order valence-corrected chi connectivity index (χ2v) is 7.27. The number of nitrogens with zero attached hydrogens (tertiary/aromatic N) is 3. The molecule has 0 aliphatic rings. The van der Waals surface area contributed by atoms with Crippen LogP contribution in [0, 0.1) is 6.92 Å². The zero-order valence-corrected chi connectivity index (χ0v) is 13.3. The van der Waals surface area contributed by atoms with Crippen molar-refractivity contribution in [3.8, 4) is 0 Å². The third-order valence-electron chi connectivity index (χ3n) is 2.47. The Morgan fingerprint density at radius 3 is 2.85 bits per heavy atom. The molecule has 0 saturated carbocycles. The summed E-state index contributed by atoms with van der Waals surface area (Å²) >= 11 is 14.7. The van der Waals surface area contributed by atoms with Crippen molar-refractivity contribution in [3.05, 3.63) is 44.9 Å². The van der Waals surface area contributed by atoms with Crippen molar-refractivity contribution in [1.82, 2.24) is 5.10 Å². The standard InChI is InChI=1S/C12H7Cl2N3OS2/c1-6-5-17-12(19-6)20-11(16-17)15-10(18)8-3-2-7(13)4-9(8)14/h2-5H,1H3. The van der Waals surface area contributed by atoms with Crippen molar-refractivity contribution in [2.75, 3.05) is 0 Å². The van der Waals surface area contributed by atoms with Crippen molar-refractivity contribution in [2.45, 2.75) is 6.92 Å². The quantitative estimate of drug-likeness (QED) is 0.408. The number of benzene rings is 1. The average molecular weight is 344 g/mol. The number of thiazole rings is 1. The predicted molar refractivity (Wildman–Crippen MR) is 80.5 cm³/mol. The second-order valence-electron chi connectivity index (χ2n) is 3.98. The van der Waals surface area contributed by atoms with Gasteiger partial charge in [0.2, 0.25) is 6.20 Å². The topological polar surface area (TPSA) is 52.4 Å². The van der Waals surface area contributed by atoms with Crippen LogP contribution in [0.1, 0.15) is 10.4 Å². The van der Waals surface area contributed by atoms with E-state index in [4.69, 9.17) is 23.2 Å². The molecule has 3 rings (SSSR count). The zero-order valence-electron chi connectivity index (χ0n) is 10.1. The highest BCUT2D eigenvalue weighted by molar-refractivity contribution is 7.36. The fraction of sp³-hybridized carbons (Fsp3) is 0.0833. The highest BCUT2D eigenvalue weighted by Crippen LogP contribution is 2.26. The summed E-state index contributed by atoms with van der Waals surface area (Å²) in [4.78, 5) is 5.14. The van der Waals surface area contributed by atoms with Crippen molar-refractivity contribution in [2.24, 2.45) is 4.99 Å². The molecule has 0 unspecified atom stereocenters. The number of aromatic nitrogens is 2. The van der Waals surface area contributed by atoms with Gasteiger partial charge < -0.3 is 5.11 Å². The van der Waals surface area contributed by atoms with Crippen LogP contribution in [0.2, 0.25) is 10.0 Å². The maximum atomic E-state index is 12.1. The fourth-order valence-electron chi connectivity index (χ4n) is 1.62. The van der Waals surface area contributed by atoms with Gasteiger partial charge in [0.05, 0.1) is 9.90 Å². The third-order valence-corrected chi connectivity index (χ3v) is 5.02. The van der Waals surface area contributed by atoms with Gasteiger partial charge in [0.1, 0.15) is 0 Å². The molecule has 8 heteroatoms. The normalized spacial score (nSPS) is 12.2. The second kappa shape index (κ2) is 5.29. The van der Waals surface area contributed by atoms with Gasteiger partial charge in [-0.15, -0.1) is 0 Å². The van der Waals surface area contributed by atoms with E-state index in [1.54, 1.807) is 28.0 Å². The molecule has 2 aromatic heterocycles. The Labute approximate surface area is 132 Å². The van der Waals surface area contributed by atoms with E-state index in [1.165, 1.54) is 17.4 Å². The molecule has 0 amide bonds. The van der Waals surface area contributed by atoms with E-state index in [0.29, 0.717) is 15.7 Å². The van der Waals surface area contributed by atoms with Crippen molar-refractivity contribution >= 4 is 61.0 Å². The molecule has 4 nitrogen and oxygen atoms in total. The Balaban J connectivity index is 1.99. The van der Waals surface area contributed by atoms with Crippen LogP contribution >= 0.6 is 45.9 Å². The van der Waals surface area contributed by atoms with Crippen LogP contribution in [-0.2, 0) is 0 Å². The maximum Gasteiger partial charge on any atom is 0.354 e. The first-order valence-corrected chi connectivity index (χ1v) is 7.92. The predicted octanol–water partition coefficient (Wildman–Crippen LogP) is 3.00. The summed E-state index contributed by atoms with van der Waals surface area (Å²) in [5, 5.41) is 17.5. The first kappa shape index (κ1) is 13.8. The zero-order chi connectivity index (χ0) is 14.3. The van der Waals surface area contributed by atoms with Crippen molar-refractivity contribution in [3.63, 3.8) is 0 Å². The molecule has 0 radical (unpaired) electrons. The van der Waals surface area contributed by atoms with Crippen LogP contribution in [0.3, 0.4) is 0 Å². The van der Waals surface area contributed by atoms with Gasteiger partial charge in [-0.25, -0.2) is 4.99 Å². The molecule has 0 spiro atoms. The van der Waals surface area contributed by atoms with Gasteiger partial charge in [-0.2, -0.15) is 0 Å². The summed E-state index contributed by atoms with van der Waals surface area (Å²) < 4.78 is 2.71. The van der Waals surface area contributed by atoms with E-state index in [0.717, 1.165) is 9.02 Å². The molecule has 0 aliphatic carbocycles. The number of rotatable bonds is 2. The monoisotopic (exact) mass is 343 g/mol. The van der Waals surface area contributed by atoms with Crippen LogP contribution in [0.5, 0.6) is 0 Å². The maximum absolute atomic E-state index is 12.1. The largest absolute Gasteiger partial charge is 0.858 e. The number of halogens is 2. The average Bonchev–Trinajstić information content (AvgIpc) is 2.85. The van der Waals surface area contributed by atoms with Gasteiger partial charge in [0, 0.05) is 15.7 Å². The molecule has 0 saturated heterocycles. The van der Waals surface area contributed by atoms with Crippen LogP contribution in [0.4, 0.5) is 5.13 Å². The summed E-state index contributed by atoms with van der Waals surface area (Å²) in [5.41, 5.74) is 0.316. The van der Waals surface area contributed by atoms with E-state index in [2.05, 4.69) is 10.1 Å². The fourth-order valence-corrected chi connectivity index (χ4v) is 4.11. The minimum atomic E-state index is -0.426. The van der Waals surface area contributed by atoms with Crippen molar-refractivity contribution in [1.29, 1.82) is 0 Å². The SMILES string of the molecule is Cc1c[n+]2nc(/N=C(\[O-])c3ccc(Cl)cc3Cl)sc2s1. The Bertz CT molecular complexity index is 794. The number of fused-ring (bicyclic) bond motifs is 1. The Morgan fingerprint density at radius 1 is 1.35 bits per heavy atom. The molecular weight excluding hydrogens is 337 g/mol. The molecule has 0 bridgehead atoms. The Hall–Kier alpha value is -1.21. The lowest BCUT2D eigenvalue weighted by Crippen LogP contribution is -2.20. The van der Waals surface area contributed by atoms with Crippen LogP contribution in [0.25, 0.3) is 4.14 Å². The number of aliphatic imine (C=N–C) groups is 1. The van der Waals surface area contributed by atoms with E-state index in [1.807, 2.05) is 13.1 Å². The molecule has 0 aliphatic heterocycles. The number of hydrogen-bond donors (Lipinski definition) is 0. The number of hydrogen-bond acceptors (Lipinski definition) is 5. The first-order chi connectivity index (χ1) is 9.52. The molecule has 0 atom stereocenters. The Morgan fingerprint density at radius 2 is 2.15 bits per heavy atom. The van der Waals surface area contributed by atoms with Crippen LogP contribution in [0.15, 0.2) is 29.4 Å². The Kier molecular flexibility index (Phi) is 3.64. The van der Waals surface area contributed by atoms with Gasteiger partial charge in [0.15, 0.2) is 0 Å².